The smallest absolute Gasteiger partial charge is 0.206 e. The lowest BCUT2D eigenvalue weighted by Gasteiger charge is -1.97. The number of halogens is 1. The van der Waals surface area contributed by atoms with E-state index in [0.717, 1.165) is 5.56 Å². The number of carbonyl (C=O) groups excluding carboxylic acids is 1. The van der Waals surface area contributed by atoms with Gasteiger partial charge in [-0.05, 0) is 23.8 Å². The standard InChI is InChI=1S/C18H14FNO/c19-16-9-5-4-8-14(16)11-15-12-20-17(18(15)21)10-13-6-2-1-3-7-13/h1-11,20H,12H2/b15-11+,17-10-. The van der Waals surface area contributed by atoms with Crippen LogP contribution in [0.4, 0.5) is 4.39 Å². The summed E-state index contributed by atoms with van der Waals surface area (Å²) >= 11 is 0. The first-order chi connectivity index (χ1) is 10.2. The lowest BCUT2D eigenvalue weighted by atomic mass is 10.1. The van der Waals surface area contributed by atoms with Crippen molar-refractivity contribution >= 4 is 17.9 Å². The molecule has 2 aromatic carbocycles. The number of carbonyl (C=O) groups is 1. The van der Waals surface area contributed by atoms with Crippen molar-refractivity contribution < 1.29 is 9.18 Å². The van der Waals surface area contributed by atoms with Gasteiger partial charge in [-0.1, -0.05) is 48.5 Å². The summed E-state index contributed by atoms with van der Waals surface area (Å²) in [7, 11) is 0. The predicted octanol–water partition coefficient (Wildman–Crippen LogP) is 3.42. The Morgan fingerprint density at radius 1 is 0.952 bits per heavy atom. The third-order valence-corrected chi connectivity index (χ3v) is 3.35. The van der Waals surface area contributed by atoms with Crippen LogP contribution in [0.15, 0.2) is 65.9 Å². The van der Waals surface area contributed by atoms with Crippen molar-refractivity contribution in [2.24, 2.45) is 0 Å². The number of hydrogen-bond donors (Lipinski definition) is 1. The maximum absolute atomic E-state index is 13.6. The Bertz CT molecular complexity index is 732. The van der Waals surface area contributed by atoms with Gasteiger partial charge < -0.3 is 5.32 Å². The van der Waals surface area contributed by atoms with Gasteiger partial charge >= 0.3 is 0 Å². The average molecular weight is 279 g/mol. The van der Waals surface area contributed by atoms with Crippen molar-refractivity contribution in [3.63, 3.8) is 0 Å². The minimum atomic E-state index is -0.321. The molecule has 1 N–H and O–H groups in total. The van der Waals surface area contributed by atoms with Crippen molar-refractivity contribution in [2.45, 2.75) is 0 Å². The quantitative estimate of drug-likeness (QED) is 0.853. The molecule has 1 saturated heterocycles. The lowest BCUT2D eigenvalue weighted by Crippen LogP contribution is -2.05. The Morgan fingerprint density at radius 3 is 2.43 bits per heavy atom. The lowest BCUT2D eigenvalue weighted by molar-refractivity contribution is -0.111. The van der Waals surface area contributed by atoms with E-state index in [0.29, 0.717) is 23.4 Å². The fraction of sp³-hybridized carbons (Fsp3) is 0.0556. The molecule has 1 aliphatic rings. The van der Waals surface area contributed by atoms with E-state index < -0.39 is 0 Å². The van der Waals surface area contributed by atoms with Crippen LogP contribution in [0.2, 0.25) is 0 Å². The second-order valence-corrected chi connectivity index (χ2v) is 4.84. The van der Waals surface area contributed by atoms with Crippen LogP contribution < -0.4 is 5.32 Å². The van der Waals surface area contributed by atoms with Gasteiger partial charge in [-0.3, -0.25) is 4.79 Å². The largest absolute Gasteiger partial charge is 0.378 e. The van der Waals surface area contributed by atoms with Crippen molar-refractivity contribution in [2.75, 3.05) is 6.54 Å². The minimum absolute atomic E-state index is 0.0814. The summed E-state index contributed by atoms with van der Waals surface area (Å²) in [4.78, 5) is 12.3. The highest BCUT2D eigenvalue weighted by atomic mass is 19.1. The molecule has 0 bridgehead atoms. The summed E-state index contributed by atoms with van der Waals surface area (Å²) < 4.78 is 13.6. The van der Waals surface area contributed by atoms with Crippen LogP contribution in [0.25, 0.3) is 12.2 Å². The van der Waals surface area contributed by atoms with Crippen LogP contribution in [0.5, 0.6) is 0 Å². The average Bonchev–Trinajstić information content (AvgIpc) is 2.84. The third-order valence-electron chi connectivity index (χ3n) is 3.35. The van der Waals surface area contributed by atoms with E-state index in [1.807, 2.05) is 36.4 Å². The summed E-state index contributed by atoms with van der Waals surface area (Å²) in [5.74, 6) is -0.402. The van der Waals surface area contributed by atoms with Crippen LogP contribution in [0.1, 0.15) is 11.1 Å². The van der Waals surface area contributed by atoms with E-state index in [1.54, 1.807) is 24.3 Å². The Labute approximate surface area is 122 Å². The van der Waals surface area contributed by atoms with Crippen LogP contribution >= 0.6 is 0 Å². The molecule has 0 radical (unpaired) electrons. The van der Waals surface area contributed by atoms with E-state index >= 15 is 0 Å². The number of hydrogen-bond acceptors (Lipinski definition) is 2. The van der Waals surface area contributed by atoms with Gasteiger partial charge in [-0.15, -0.1) is 0 Å². The monoisotopic (exact) mass is 279 g/mol. The van der Waals surface area contributed by atoms with Gasteiger partial charge in [-0.25, -0.2) is 4.39 Å². The number of benzene rings is 2. The summed E-state index contributed by atoms with van der Waals surface area (Å²) in [5.41, 5.74) is 2.51. The van der Waals surface area contributed by atoms with Crippen molar-refractivity contribution in [3.8, 4) is 0 Å². The predicted molar refractivity (Wildman–Crippen MR) is 81.8 cm³/mol. The maximum Gasteiger partial charge on any atom is 0.206 e. The minimum Gasteiger partial charge on any atom is -0.378 e. The first-order valence-corrected chi connectivity index (χ1v) is 6.74. The molecule has 1 aliphatic heterocycles. The van der Waals surface area contributed by atoms with Gasteiger partial charge in [0.1, 0.15) is 5.82 Å². The summed E-state index contributed by atoms with van der Waals surface area (Å²) in [6.07, 6.45) is 3.42. The molecule has 104 valence electrons. The number of nitrogens with one attached hydrogen (secondary N) is 1. The first kappa shape index (κ1) is 13.3. The van der Waals surface area contributed by atoms with Crippen LogP contribution in [0.3, 0.4) is 0 Å². The Kier molecular flexibility index (Phi) is 3.65. The molecule has 3 heteroatoms. The Morgan fingerprint density at radius 2 is 1.67 bits per heavy atom. The topological polar surface area (TPSA) is 29.1 Å². The molecule has 0 amide bonds. The first-order valence-electron chi connectivity index (χ1n) is 6.74. The van der Waals surface area contributed by atoms with E-state index in [9.17, 15) is 9.18 Å². The zero-order valence-corrected chi connectivity index (χ0v) is 11.3. The fourth-order valence-corrected chi connectivity index (χ4v) is 2.25. The molecule has 0 aromatic heterocycles. The van der Waals surface area contributed by atoms with Crippen LogP contribution in [0, 0.1) is 5.82 Å². The van der Waals surface area contributed by atoms with E-state index in [-0.39, 0.29) is 11.6 Å². The summed E-state index contributed by atoms with van der Waals surface area (Å²) in [6.45, 7) is 0.422. The van der Waals surface area contributed by atoms with E-state index in [1.165, 1.54) is 6.07 Å². The maximum atomic E-state index is 13.6. The van der Waals surface area contributed by atoms with Gasteiger partial charge in [0.05, 0.1) is 5.70 Å². The molecule has 1 fully saturated rings. The number of rotatable bonds is 2. The molecule has 0 spiro atoms. The highest BCUT2D eigenvalue weighted by molar-refractivity contribution is 6.15. The highest BCUT2D eigenvalue weighted by Crippen LogP contribution is 2.19. The second-order valence-electron chi connectivity index (χ2n) is 4.84. The third kappa shape index (κ3) is 2.92. The number of ketones is 1. The molecule has 0 saturated carbocycles. The Balaban J connectivity index is 1.88. The zero-order valence-electron chi connectivity index (χ0n) is 11.3. The van der Waals surface area contributed by atoms with Gasteiger partial charge in [0.15, 0.2) is 0 Å². The van der Waals surface area contributed by atoms with Crippen LogP contribution in [-0.2, 0) is 4.79 Å². The summed E-state index contributed by atoms with van der Waals surface area (Å²) in [5, 5.41) is 3.07. The van der Waals surface area contributed by atoms with E-state index in [4.69, 9.17) is 0 Å². The molecule has 0 unspecified atom stereocenters. The van der Waals surface area contributed by atoms with Crippen LogP contribution in [-0.4, -0.2) is 12.3 Å². The van der Waals surface area contributed by atoms with Crippen molar-refractivity contribution in [3.05, 3.63) is 82.8 Å². The molecule has 2 aromatic rings. The molecule has 21 heavy (non-hydrogen) atoms. The molecule has 0 atom stereocenters. The molecular formula is C18H14FNO. The fourth-order valence-electron chi connectivity index (χ4n) is 2.25. The second kappa shape index (κ2) is 5.75. The molecule has 3 rings (SSSR count). The van der Waals surface area contributed by atoms with Gasteiger partial charge in [0, 0.05) is 17.7 Å². The summed E-state index contributed by atoms with van der Waals surface area (Å²) in [6, 6.07) is 16.1. The molecule has 1 heterocycles. The van der Waals surface area contributed by atoms with Gasteiger partial charge in [0.2, 0.25) is 5.78 Å². The van der Waals surface area contributed by atoms with Crippen molar-refractivity contribution in [1.82, 2.24) is 5.32 Å². The van der Waals surface area contributed by atoms with Gasteiger partial charge in [-0.2, -0.15) is 0 Å². The van der Waals surface area contributed by atoms with Gasteiger partial charge in [0.25, 0.3) is 0 Å². The number of allylic oxidation sites excluding steroid dienone is 1. The van der Waals surface area contributed by atoms with E-state index in [2.05, 4.69) is 5.32 Å². The molecule has 2 nitrogen and oxygen atoms in total. The SMILES string of the molecule is O=C1/C(=C/c2ccccc2)NC/C1=C\c1ccccc1F. The Hall–Kier alpha value is -2.68. The van der Waals surface area contributed by atoms with Crippen molar-refractivity contribution in [1.29, 1.82) is 0 Å². The molecular weight excluding hydrogens is 265 g/mol. The molecule has 0 aliphatic carbocycles. The number of Topliss-reactive ketones (excluding diaryl/α,β-unsaturated/α-hetero) is 1. The highest BCUT2D eigenvalue weighted by Gasteiger charge is 2.22. The zero-order chi connectivity index (χ0) is 14.7. The normalized spacial score (nSPS) is 18.2.